The van der Waals surface area contributed by atoms with Crippen molar-refractivity contribution >= 4 is 15.9 Å². The van der Waals surface area contributed by atoms with Crippen LogP contribution in [0.15, 0.2) is 12.1 Å². The summed E-state index contributed by atoms with van der Waals surface area (Å²) in [6.45, 7) is 6.49. The Labute approximate surface area is 124 Å². The van der Waals surface area contributed by atoms with Gasteiger partial charge in [-0.3, -0.25) is 0 Å². The van der Waals surface area contributed by atoms with Gasteiger partial charge in [0.05, 0.1) is 0 Å². The van der Waals surface area contributed by atoms with Gasteiger partial charge in [0.15, 0.2) is 0 Å². The summed E-state index contributed by atoms with van der Waals surface area (Å²) in [6, 6.07) is 4.46. The normalized spacial score (nSPS) is 28.4. The molecule has 0 amide bonds. The first-order chi connectivity index (χ1) is 9.03. The molecular formula is C17H23BrO. The van der Waals surface area contributed by atoms with Crippen LogP contribution in [0.2, 0.25) is 0 Å². The average Bonchev–Trinajstić information content (AvgIpc) is 2.84. The Morgan fingerprint density at radius 2 is 1.68 bits per heavy atom. The molecule has 1 aromatic rings. The zero-order chi connectivity index (χ0) is 13.6. The minimum Gasteiger partial charge on any atom is -0.489 e. The number of benzene rings is 1. The summed E-state index contributed by atoms with van der Waals surface area (Å²) in [7, 11) is 0. The fraction of sp³-hybridized carbons (Fsp3) is 0.647. The Morgan fingerprint density at radius 1 is 1.11 bits per heavy atom. The standard InChI is InChI=1S/C17H23BrO/c1-11-8-12(2)16(13(3)9-11)19-15-10-14(18)17(15)6-4-5-7-17/h8-9,14-15H,4-7,10H2,1-3H3. The van der Waals surface area contributed by atoms with Gasteiger partial charge in [-0.2, -0.15) is 0 Å². The Hall–Kier alpha value is -0.500. The number of rotatable bonds is 2. The highest BCUT2D eigenvalue weighted by Gasteiger charge is 2.56. The molecule has 0 bridgehead atoms. The predicted octanol–water partition coefficient (Wildman–Crippen LogP) is 5.09. The second kappa shape index (κ2) is 4.80. The van der Waals surface area contributed by atoms with E-state index < -0.39 is 0 Å². The quantitative estimate of drug-likeness (QED) is 0.689. The summed E-state index contributed by atoms with van der Waals surface area (Å²) < 4.78 is 6.45. The van der Waals surface area contributed by atoms with Crippen molar-refractivity contribution in [2.75, 3.05) is 0 Å². The predicted molar refractivity (Wildman–Crippen MR) is 83.3 cm³/mol. The molecule has 0 radical (unpaired) electrons. The third-order valence-corrected chi connectivity index (χ3v) is 6.37. The van der Waals surface area contributed by atoms with Crippen molar-refractivity contribution in [3.63, 3.8) is 0 Å². The van der Waals surface area contributed by atoms with Crippen LogP contribution in [0.25, 0.3) is 0 Å². The van der Waals surface area contributed by atoms with Crippen molar-refractivity contribution in [2.24, 2.45) is 5.41 Å². The molecule has 3 rings (SSSR count). The van der Waals surface area contributed by atoms with Gasteiger partial charge in [-0.05, 0) is 51.2 Å². The lowest BCUT2D eigenvalue weighted by atomic mass is 9.64. The second-order valence-corrected chi connectivity index (χ2v) is 7.58. The first kappa shape index (κ1) is 13.5. The largest absolute Gasteiger partial charge is 0.489 e. The zero-order valence-electron chi connectivity index (χ0n) is 12.1. The molecule has 1 nitrogen and oxygen atoms in total. The summed E-state index contributed by atoms with van der Waals surface area (Å²) in [6.07, 6.45) is 6.98. The lowest BCUT2D eigenvalue weighted by Crippen LogP contribution is -2.55. The molecule has 19 heavy (non-hydrogen) atoms. The summed E-state index contributed by atoms with van der Waals surface area (Å²) >= 11 is 3.87. The number of ether oxygens (including phenoxy) is 1. The van der Waals surface area contributed by atoms with E-state index in [1.54, 1.807) is 0 Å². The van der Waals surface area contributed by atoms with E-state index in [9.17, 15) is 0 Å². The Balaban J connectivity index is 1.83. The van der Waals surface area contributed by atoms with Crippen molar-refractivity contribution in [1.29, 1.82) is 0 Å². The van der Waals surface area contributed by atoms with Crippen LogP contribution in [0.5, 0.6) is 5.75 Å². The molecule has 2 unspecified atom stereocenters. The number of alkyl halides is 1. The van der Waals surface area contributed by atoms with Crippen LogP contribution in [0, 0.1) is 26.2 Å². The maximum atomic E-state index is 6.45. The van der Waals surface area contributed by atoms with Gasteiger partial charge in [-0.1, -0.05) is 46.5 Å². The lowest BCUT2D eigenvalue weighted by molar-refractivity contribution is -0.0311. The lowest BCUT2D eigenvalue weighted by Gasteiger charge is -2.51. The van der Waals surface area contributed by atoms with E-state index in [1.165, 1.54) is 42.4 Å². The molecular weight excluding hydrogens is 300 g/mol. The maximum absolute atomic E-state index is 6.45. The van der Waals surface area contributed by atoms with Gasteiger partial charge >= 0.3 is 0 Å². The molecule has 2 aliphatic rings. The van der Waals surface area contributed by atoms with Gasteiger partial charge in [0.25, 0.3) is 0 Å². The highest BCUT2D eigenvalue weighted by atomic mass is 79.9. The average molecular weight is 323 g/mol. The van der Waals surface area contributed by atoms with Crippen molar-refractivity contribution < 1.29 is 4.74 Å². The van der Waals surface area contributed by atoms with Crippen LogP contribution in [0.3, 0.4) is 0 Å². The van der Waals surface area contributed by atoms with Crippen LogP contribution in [0.1, 0.15) is 48.8 Å². The van der Waals surface area contributed by atoms with Crippen LogP contribution in [0.4, 0.5) is 0 Å². The fourth-order valence-corrected chi connectivity index (χ4v) is 5.12. The van der Waals surface area contributed by atoms with E-state index >= 15 is 0 Å². The van der Waals surface area contributed by atoms with E-state index in [1.807, 2.05) is 0 Å². The van der Waals surface area contributed by atoms with E-state index in [-0.39, 0.29) is 0 Å². The topological polar surface area (TPSA) is 9.23 Å². The molecule has 0 N–H and O–H groups in total. The molecule has 0 saturated heterocycles. The second-order valence-electron chi connectivity index (χ2n) is 6.48. The minimum absolute atomic E-state index is 0.416. The third-order valence-electron chi connectivity index (χ3n) is 5.09. The fourth-order valence-electron chi connectivity index (χ4n) is 4.03. The van der Waals surface area contributed by atoms with Crippen molar-refractivity contribution in [2.45, 2.75) is 63.8 Å². The van der Waals surface area contributed by atoms with Gasteiger partial charge < -0.3 is 4.74 Å². The Morgan fingerprint density at radius 3 is 2.21 bits per heavy atom. The summed E-state index contributed by atoms with van der Waals surface area (Å²) in [4.78, 5) is 0.665. The van der Waals surface area contributed by atoms with E-state index in [0.717, 1.165) is 12.2 Å². The molecule has 0 heterocycles. The highest BCUT2D eigenvalue weighted by molar-refractivity contribution is 9.09. The molecule has 2 heteroatoms. The molecule has 1 spiro atoms. The summed E-state index contributed by atoms with van der Waals surface area (Å²) in [5.41, 5.74) is 4.31. The monoisotopic (exact) mass is 322 g/mol. The zero-order valence-corrected chi connectivity index (χ0v) is 13.7. The Kier molecular flexibility index (Phi) is 3.41. The molecule has 1 aromatic carbocycles. The van der Waals surface area contributed by atoms with Crippen LogP contribution >= 0.6 is 15.9 Å². The molecule has 0 aromatic heterocycles. The van der Waals surface area contributed by atoms with Crippen molar-refractivity contribution in [1.82, 2.24) is 0 Å². The maximum Gasteiger partial charge on any atom is 0.125 e. The number of hydrogen-bond donors (Lipinski definition) is 0. The molecule has 2 fully saturated rings. The van der Waals surface area contributed by atoms with E-state index in [2.05, 4.69) is 48.8 Å². The van der Waals surface area contributed by atoms with E-state index in [4.69, 9.17) is 4.74 Å². The number of aryl methyl sites for hydroxylation is 3. The van der Waals surface area contributed by atoms with Gasteiger partial charge in [0, 0.05) is 10.2 Å². The van der Waals surface area contributed by atoms with Crippen LogP contribution in [-0.4, -0.2) is 10.9 Å². The number of halogens is 1. The first-order valence-corrected chi connectivity index (χ1v) is 8.33. The minimum atomic E-state index is 0.416. The van der Waals surface area contributed by atoms with Gasteiger partial charge in [0.1, 0.15) is 11.9 Å². The van der Waals surface area contributed by atoms with Gasteiger partial charge in [-0.15, -0.1) is 0 Å². The van der Waals surface area contributed by atoms with Crippen LogP contribution in [-0.2, 0) is 0 Å². The molecule has 2 atom stereocenters. The molecule has 2 aliphatic carbocycles. The summed E-state index contributed by atoms with van der Waals surface area (Å²) in [5, 5.41) is 0. The molecule has 104 valence electrons. The molecule has 0 aliphatic heterocycles. The van der Waals surface area contributed by atoms with Gasteiger partial charge in [-0.25, -0.2) is 0 Å². The van der Waals surface area contributed by atoms with Crippen LogP contribution < -0.4 is 4.74 Å². The third kappa shape index (κ3) is 2.12. The SMILES string of the molecule is Cc1cc(C)c(OC2CC(Br)C23CCCC3)c(C)c1. The van der Waals surface area contributed by atoms with Gasteiger partial charge in [0.2, 0.25) is 0 Å². The van der Waals surface area contributed by atoms with Crippen molar-refractivity contribution in [3.05, 3.63) is 28.8 Å². The van der Waals surface area contributed by atoms with E-state index in [0.29, 0.717) is 16.3 Å². The highest BCUT2D eigenvalue weighted by Crippen LogP contribution is 2.58. The number of hydrogen-bond acceptors (Lipinski definition) is 1. The molecule has 2 saturated carbocycles. The smallest absolute Gasteiger partial charge is 0.125 e. The van der Waals surface area contributed by atoms with Crippen molar-refractivity contribution in [3.8, 4) is 5.75 Å². The first-order valence-electron chi connectivity index (χ1n) is 7.41. The Bertz CT molecular complexity index is 465. The summed E-state index contributed by atoms with van der Waals surface area (Å²) in [5.74, 6) is 1.13.